The highest BCUT2D eigenvalue weighted by Gasteiger charge is 2.30. The summed E-state index contributed by atoms with van der Waals surface area (Å²) in [4.78, 5) is 5.17. The van der Waals surface area contributed by atoms with E-state index in [1.165, 1.54) is 52.0 Å². The van der Waals surface area contributed by atoms with Gasteiger partial charge in [0, 0.05) is 45.4 Å². The molecule has 2 N–H and O–H groups in total. The summed E-state index contributed by atoms with van der Waals surface area (Å²) >= 11 is 0. The fourth-order valence-corrected chi connectivity index (χ4v) is 3.34. The zero-order valence-corrected chi connectivity index (χ0v) is 11.8. The molecule has 18 heavy (non-hydrogen) atoms. The van der Waals surface area contributed by atoms with Gasteiger partial charge in [-0.1, -0.05) is 6.92 Å². The molecular formula is C14H29N3O. The largest absolute Gasteiger partial charge is 0.381 e. The molecule has 2 aliphatic heterocycles. The van der Waals surface area contributed by atoms with Crippen molar-refractivity contribution in [3.8, 4) is 0 Å². The summed E-state index contributed by atoms with van der Waals surface area (Å²) in [5.41, 5.74) is 6.02. The Morgan fingerprint density at radius 2 is 2.06 bits per heavy atom. The van der Waals surface area contributed by atoms with Crippen molar-refractivity contribution < 1.29 is 4.74 Å². The number of rotatable bonds is 5. The molecule has 2 rings (SSSR count). The summed E-state index contributed by atoms with van der Waals surface area (Å²) in [5.74, 6) is 0.654. The average Bonchev–Trinajstić information content (AvgIpc) is 2.43. The van der Waals surface area contributed by atoms with Gasteiger partial charge in [0.05, 0.1) is 6.61 Å². The van der Waals surface area contributed by atoms with Gasteiger partial charge in [-0.3, -0.25) is 4.90 Å². The second-order valence-corrected chi connectivity index (χ2v) is 5.66. The van der Waals surface area contributed by atoms with Crippen LogP contribution in [0.4, 0.5) is 0 Å². The van der Waals surface area contributed by atoms with Crippen molar-refractivity contribution in [2.75, 3.05) is 52.5 Å². The average molecular weight is 255 g/mol. The zero-order valence-electron chi connectivity index (χ0n) is 11.8. The highest BCUT2D eigenvalue weighted by Crippen LogP contribution is 2.22. The third-order valence-electron chi connectivity index (χ3n) is 4.40. The van der Waals surface area contributed by atoms with Crippen molar-refractivity contribution in [2.24, 2.45) is 11.7 Å². The smallest absolute Gasteiger partial charge is 0.0509 e. The highest BCUT2D eigenvalue weighted by atomic mass is 16.5. The van der Waals surface area contributed by atoms with Gasteiger partial charge >= 0.3 is 0 Å². The van der Waals surface area contributed by atoms with Gasteiger partial charge in [0.2, 0.25) is 0 Å². The van der Waals surface area contributed by atoms with Gasteiger partial charge in [-0.15, -0.1) is 0 Å². The Kier molecular flexibility index (Phi) is 5.89. The molecule has 106 valence electrons. The molecule has 0 radical (unpaired) electrons. The van der Waals surface area contributed by atoms with Crippen molar-refractivity contribution in [1.82, 2.24) is 9.80 Å². The van der Waals surface area contributed by atoms with Crippen LogP contribution in [0.3, 0.4) is 0 Å². The monoisotopic (exact) mass is 255 g/mol. The van der Waals surface area contributed by atoms with E-state index < -0.39 is 0 Å². The topological polar surface area (TPSA) is 41.7 Å². The summed E-state index contributed by atoms with van der Waals surface area (Å²) in [6.45, 7) is 10.9. The maximum Gasteiger partial charge on any atom is 0.0509 e. The van der Waals surface area contributed by atoms with Crippen molar-refractivity contribution >= 4 is 0 Å². The van der Waals surface area contributed by atoms with Gasteiger partial charge in [-0.25, -0.2) is 0 Å². The lowest BCUT2D eigenvalue weighted by atomic mass is 9.92. The fourth-order valence-electron chi connectivity index (χ4n) is 3.34. The van der Waals surface area contributed by atoms with Crippen LogP contribution in [-0.2, 0) is 4.74 Å². The third kappa shape index (κ3) is 3.67. The summed E-state index contributed by atoms with van der Waals surface area (Å²) in [7, 11) is 0. The number of piperazine rings is 1. The SMILES string of the molecule is CCCN1CCN(C(CN)C2CCCOC2)CC1. The van der Waals surface area contributed by atoms with E-state index in [0.29, 0.717) is 12.0 Å². The Morgan fingerprint density at radius 3 is 2.61 bits per heavy atom. The first-order valence-corrected chi connectivity index (χ1v) is 7.59. The minimum Gasteiger partial charge on any atom is -0.381 e. The van der Waals surface area contributed by atoms with E-state index in [0.717, 1.165) is 19.8 Å². The molecule has 0 aromatic heterocycles. The normalized spacial score (nSPS) is 29.3. The Balaban J connectivity index is 1.81. The lowest BCUT2D eigenvalue weighted by Gasteiger charge is -2.42. The Morgan fingerprint density at radius 1 is 1.28 bits per heavy atom. The molecule has 2 fully saturated rings. The van der Waals surface area contributed by atoms with E-state index in [4.69, 9.17) is 10.5 Å². The third-order valence-corrected chi connectivity index (χ3v) is 4.40. The van der Waals surface area contributed by atoms with Gasteiger partial charge in [-0.05, 0) is 31.7 Å². The highest BCUT2D eigenvalue weighted by molar-refractivity contribution is 4.85. The van der Waals surface area contributed by atoms with Crippen LogP contribution in [-0.4, -0.2) is 68.3 Å². The van der Waals surface area contributed by atoms with Crippen LogP contribution < -0.4 is 5.73 Å². The molecule has 2 unspecified atom stereocenters. The first-order chi connectivity index (χ1) is 8.85. The van der Waals surface area contributed by atoms with Crippen LogP contribution in [0.5, 0.6) is 0 Å². The zero-order chi connectivity index (χ0) is 12.8. The van der Waals surface area contributed by atoms with Crippen LogP contribution >= 0.6 is 0 Å². The minimum absolute atomic E-state index is 0.536. The van der Waals surface area contributed by atoms with E-state index in [2.05, 4.69) is 16.7 Å². The Labute approximate surface area is 111 Å². The first kappa shape index (κ1) is 14.3. The molecule has 0 bridgehead atoms. The van der Waals surface area contributed by atoms with Gasteiger partial charge in [0.25, 0.3) is 0 Å². The van der Waals surface area contributed by atoms with E-state index in [1.54, 1.807) is 0 Å². The lowest BCUT2D eigenvalue weighted by molar-refractivity contribution is -0.00243. The quantitative estimate of drug-likeness (QED) is 0.788. The second kappa shape index (κ2) is 7.43. The number of nitrogens with zero attached hydrogens (tertiary/aromatic N) is 2. The standard InChI is InChI=1S/C14H29N3O/c1-2-5-16-6-8-17(9-7-16)14(11-15)13-4-3-10-18-12-13/h13-14H,2-12,15H2,1H3. The predicted molar refractivity (Wildman–Crippen MR) is 74.7 cm³/mol. The van der Waals surface area contributed by atoms with Crippen LogP contribution in [0.25, 0.3) is 0 Å². The summed E-state index contributed by atoms with van der Waals surface area (Å²) in [6.07, 6.45) is 3.75. The lowest BCUT2D eigenvalue weighted by Crippen LogP contribution is -2.55. The molecule has 2 heterocycles. The first-order valence-electron chi connectivity index (χ1n) is 7.59. The number of hydrogen-bond acceptors (Lipinski definition) is 4. The molecule has 2 atom stereocenters. The van der Waals surface area contributed by atoms with Crippen molar-refractivity contribution in [3.05, 3.63) is 0 Å². The molecule has 0 spiro atoms. The second-order valence-electron chi connectivity index (χ2n) is 5.66. The number of nitrogens with two attached hydrogens (primary N) is 1. The maximum atomic E-state index is 6.02. The van der Waals surface area contributed by atoms with Gasteiger partial charge < -0.3 is 15.4 Å². The molecule has 0 aromatic carbocycles. The van der Waals surface area contributed by atoms with Crippen LogP contribution in [0, 0.1) is 5.92 Å². The number of hydrogen-bond donors (Lipinski definition) is 1. The Bertz CT molecular complexity index is 223. The summed E-state index contributed by atoms with van der Waals surface area (Å²) < 4.78 is 5.62. The molecule has 0 aliphatic carbocycles. The van der Waals surface area contributed by atoms with E-state index in [1.807, 2.05) is 0 Å². The Hall–Kier alpha value is -0.160. The van der Waals surface area contributed by atoms with Gasteiger partial charge in [-0.2, -0.15) is 0 Å². The van der Waals surface area contributed by atoms with Gasteiger partial charge in [0.15, 0.2) is 0 Å². The fraction of sp³-hybridized carbons (Fsp3) is 1.00. The van der Waals surface area contributed by atoms with Gasteiger partial charge in [0.1, 0.15) is 0 Å². The molecule has 0 aromatic rings. The predicted octanol–water partition coefficient (Wildman–Crippen LogP) is 0.768. The van der Waals surface area contributed by atoms with E-state index in [9.17, 15) is 0 Å². The molecule has 2 saturated heterocycles. The molecule has 4 nitrogen and oxygen atoms in total. The minimum atomic E-state index is 0.536. The van der Waals surface area contributed by atoms with Crippen molar-refractivity contribution in [2.45, 2.75) is 32.2 Å². The molecule has 2 aliphatic rings. The number of ether oxygens (including phenoxy) is 1. The molecule has 4 heteroatoms. The van der Waals surface area contributed by atoms with Crippen molar-refractivity contribution in [3.63, 3.8) is 0 Å². The summed E-state index contributed by atoms with van der Waals surface area (Å²) in [6, 6.07) is 0.536. The van der Waals surface area contributed by atoms with Crippen LogP contribution in [0.2, 0.25) is 0 Å². The molecular weight excluding hydrogens is 226 g/mol. The van der Waals surface area contributed by atoms with Crippen LogP contribution in [0.15, 0.2) is 0 Å². The van der Waals surface area contributed by atoms with E-state index >= 15 is 0 Å². The summed E-state index contributed by atoms with van der Waals surface area (Å²) in [5, 5.41) is 0. The maximum absolute atomic E-state index is 6.02. The molecule has 0 amide bonds. The molecule has 0 saturated carbocycles. The van der Waals surface area contributed by atoms with E-state index in [-0.39, 0.29) is 0 Å². The van der Waals surface area contributed by atoms with Crippen molar-refractivity contribution in [1.29, 1.82) is 0 Å². The van der Waals surface area contributed by atoms with Crippen LogP contribution in [0.1, 0.15) is 26.2 Å².